The highest BCUT2D eigenvalue weighted by Gasteiger charge is 2.26. The van der Waals surface area contributed by atoms with Gasteiger partial charge < -0.3 is 18.9 Å². The molecule has 1 atom stereocenters. The zero-order valence-corrected chi connectivity index (χ0v) is 17.1. The molecule has 2 fully saturated rings. The summed E-state index contributed by atoms with van der Waals surface area (Å²) in [6.45, 7) is 5.53. The van der Waals surface area contributed by atoms with Crippen molar-refractivity contribution < 1.29 is 18.8 Å². The van der Waals surface area contributed by atoms with Gasteiger partial charge in [-0.2, -0.15) is 4.98 Å². The summed E-state index contributed by atoms with van der Waals surface area (Å²) >= 11 is 1.55. The Morgan fingerprint density at radius 1 is 1.32 bits per heavy atom. The van der Waals surface area contributed by atoms with E-state index < -0.39 is 0 Å². The Kier molecular flexibility index (Phi) is 6.39. The number of nitrogens with zero attached hydrogens (tertiary/aromatic N) is 3. The van der Waals surface area contributed by atoms with Crippen LogP contribution in [0.1, 0.15) is 57.9 Å². The fourth-order valence-corrected chi connectivity index (χ4v) is 4.60. The van der Waals surface area contributed by atoms with Gasteiger partial charge in [-0.05, 0) is 44.7 Å². The van der Waals surface area contributed by atoms with Crippen molar-refractivity contribution in [2.75, 3.05) is 32.9 Å². The minimum atomic E-state index is 0.0700. The lowest BCUT2D eigenvalue weighted by molar-refractivity contribution is 0.00267. The maximum atomic E-state index is 12.6. The Balaban J connectivity index is 1.23. The molecular weight excluding hydrogens is 378 g/mol. The largest absolute Gasteiger partial charge is 0.381 e. The number of ether oxygens (including phenoxy) is 2. The third kappa shape index (κ3) is 4.79. The summed E-state index contributed by atoms with van der Waals surface area (Å²) in [5.74, 6) is 1.85. The number of aromatic nitrogens is 2. The van der Waals surface area contributed by atoms with Crippen molar-refractivity contribution >= 4 is 17.2 Å². The molecule has 0 aliphatic carbocycles. The Morgan fingerprint density at radius 3 is 2.96 bits per heavy atom. The summed E-state index contributed by atoms with van der Waals surface area (Å²) in [5, 5.41) is 4.09. The first kappa shape index (κ1) is 19.5. The van der Waals surface area contributed by atoms with E-state index in [1.54, 1.807) is 11.3 Å². The highest BCUT2D eigenvalue weighted by molar-refractivity contribution is 7.13. The Morgan fingerprint density at radius 2 is 2.18 bits per heavy atom. The molecule has 28 heavy (non-hydrogen) atoms. The van der Waals surface area contributed by atoms with Crippen LogP contribution in [0.3, 0.4) is 0 Å². The third-order valence-electron chi connectivity index (χ3n) is 5.35. The van der Waals surface area contributed by atoms with Crippen LogP contribution in [0.4, 0.5) is 0 Å². The van der Waals surface area contributed by atoms with Crippen molar-refractivity contribution in [1.82, 2.24) is 15.0 Å². The third-order valence-corrected chi connectivity index (χ3v) is 6.34. The van der Waals surface area contributed by atoms with Gasteiger partial charge in [0.15, 0.2) is 5.82 Å². The van der Waals surface area contributed by atoms with Crippen LogP contribution in [-0.4, -0.2) is 60.0 Å². The van der Waals surface area contributed by atoms with Crippen molar-refractivity contribution in [2.24, 2.45) is 0 Å². The topological polar surface area (TPSA) is 77.7 Å². The average molecular weight is 406 g/mol. The molecule has 0 N–H and O–H groups in total. The minimum absolute atomic E-state index is 0.0700. The summed E-state index contributed by atoms with van der Waals surface area (Å²) in [4.78, 5) is 21.1. The Labute approximate surface area is 169 Å². The summed E-state index contributed by atoms with van der Waals surface area (Å²) in [6.07, 6.45) is 4.52. The van der Waals surface area contributed by atoms with E-state index in [1.165, 1.54) is 0 Å². The fraction of sp³-hybridized carbons (Fsp3) is 0.650. The van der Waals surface area contributed by atoms with Crippen LogP contribution >= 0.6 is 11.3 Å². The lowest BCUT2D eigenvalue weighted by Gasteiger charge is -2.32. The van der Waals surface area contributed by atoms with Gasteiger partial charge in [-0.25, -0.2) is 0 Å². The summed E-state index contributed by atoms with van der Waals surface area (Å²) in [5.41, 5.74) is 0. The maximum absolute atomic E-state index is 12.6. The van der Waals surface area contributed by atoms with Crippen LogP contribution in [0.5, 0.6) is 0 Å². The second-order valence-electron chi connectivity index (χ2n) is 7.48. The SMILES string of the molecule is Cc1ccc(C(=O)N2CCCC(OCCc3noc(C4CCOCC4)n3)C2)s1. The average Bonchev–Trinajstić information content (AvgIpc) is 3.38. The molecule has 8 heteroatoms. The van der Waals surface area contributed by atoms with E-state index in [-0.39, 0.29) is 12.0 Å². The van der Waals surface area contributed by atoms with Crippen molar-refractivity contribution in [1.29, 1.82) is 0 Å². The maximum Gasteiger partial charge on any atom is 0.264 e. The van der Waals surface area contributed by atoms with E-state index >= 15 is 0 Å². The van der Waals surface area contributed by atoms with Gasteiger partial charge in [0.25, 0.3) is 5.91 Å². The van der Waals surface area contributed by atoms with Crippen LogP contribution in [0.2, 0.25) is 0 Å². The van der Waals surface area contributed by atoms with Gasteiger partial charge in [0.1, 0.15) is 0 Å². The van der Waals surface area contributed by atoms with E-state index in [2.05, 4.69) is 10.1 Å². The number of piperidine rings is 1. The van der Waals surface area contributed by atoms with Gasteiger partial charge >= 0.3 is 0 Å². The van der Waals surface area contributed by atoms with Crippen molar-refractivity contribution in [3.05, 3.63) is 33.6 Å². The lowest BCUT2D eigenvalue weighted by atomic mass is 10.0. The van der Waals surface area contributed by atoms with Crippen LogP contribution < -0.4 is 0 Å². The highest BCUT2D eigenvalue weighted by atomic mass is 32.1. The van der Waals surface area contributed by atoms with Gasteiger partial charge in [0.05, 0.1) is 17.6 Å². The first-order chi connectivity index (χ1) is 13.7. The van der Waals surface area contributed by atoms with Gasteiger partial charge in [-0.3, -0.25) is 4.79 Å². The van der Waals surface area contributed by atoms with Gasteiger partial charge in [-0.15, -0.1) is 11.3 Å². The monoisotopic (exact) mass is 405 g/mol. The molecule has 2 aliphatic rings. The zero-order valence-electron chi connectivity index (χ0n) is 16.3. The summed E-state index contributed by atoms with van der Waals surface area (Å²) in [7, 11) is 0. The number of rotatable bonds is 6. The molecule has 0 spiro atoms. The van der Waals surface area contributed by atoms with Gasteiger partial charge in [-0.1, -0.05) is 5.16 Å². The number of aryl methyl sites for hydroxylation is 1. The minimum Gasteiger partial charge on any atom is -0.381 e. The Hall–Kier alpha value is -1.77. The molecule has 0 saturated carbocycles. The number of carbonyl (C=O) groups is 1. The molecule has 152 valence electrons. The van der Waals surface area contributed by atoms with E-state index in [0.717, 1.165) is 61.1 Å². The Bertz CT molecular complexity index is 784. The number of amides is 1. The first-order valence-electron chi connectivity index (χ1n) is 10.1. The van der Waals surface area contributed by atoms with Crippen molar-refractivity contribution in [3.8, 4) is 0 Å². The van der Waals surface area contributed by atoms with E-state index in [1.807, 2.05) is 24.0 Å². The first-order valence-corrected chi connectivity index (χ1v) is 10.9. The molecule has 7 nitrogen and oxygen atoms in total. The quantitative estimate of drug-likeness (QED) is 0.734. The number of carbonyl (C=O) groups excluding carboxylic acids is 1. The molecule has 2 aromatic heterocycles. The van der Waals surface area contributed by atoms with Crippen molar-refractivity contribution in [2.45, 2.75) is 51.0 Å². The summed E-state index contributed by atoms with van der Waals surface area (Å²) in [6, 6.07) is 3.91. The molecule has 2 saturated heterocycles. The van der Waals surface area contributed by atoms with E-state index in [0.29, 0.717) is 31.3 Å². The molecule has 2 aromatic rings. The summed E-state index contributed by atoms with van der Waals surface area (Å²) < 4.78 is 16.8. The van der Waals surface area contributed by atoms with Crippen LogP contribution in [0.25, 0.3) is 0 Å². The number of thiophene rings is 1. The van der Waals surface area contributed by atoms with Gasteiger partial charge in [0.2, 0.25) is 5.89 Å². The van der Waals surface area contributed by atoms with Crippen LogP contribution in [0.15, 0.2) is 16.7 Å². The number of hydrogen-bond donors (Lipinski definition) is 0. The molecule has 0 aromatic carbocycles. The van der Waals surface area contributed by atoms with E-state index in [9.17, 15) is 4.79 Å². The van der Waals surface area contributed by atoms with Crippen LogP contribution in [-0.2, 0) is 15.9 Å². The number of likely N-dealkylation sites (tertiary alicyclic amines) is 1. The van der Waals surface area contributed by atoms with Crippen LogP contribution in [0, 0.1) is 6.92 Å². The molecular formula is C20H27N3O4S. The van der Waals surface area contributed by atoms with E-state index in [4.69, 9.17) is 14.0 Å². The van der Waals surface area contributed by atoms with Gasteiger partial charge in [0, 0.05) is 43.5 Å². The fourth-order valence-electron chi connectivity index (χ4n) is 3.76. The molecule has 1 amide bonds. The lowest BCUT2D eigenvalue weighted by Crippen LogP contribution is -2.43. The molecule has 4 heterocycles. The molecule has 1 unspecified atom stereocenters. The smallest absolute Gasteiger partial charge is 0.264 e. The second-order valence-corrected chi connectivity index (χ2v) is 8.77. The highest BCUT2D eigenvalue weighted by Crippen LogP contribution is 2.25. The molecule has 0 bridgehead atoms. The standard InChI is InChI=1S/C20H27N3O4S/c1-14-4-5-17(28-14)20(24)23-9-2-3-16(13-23)26-12-8-18-21-19(27-22-18)15-6-10-25-11-7-15/h4-5,15-16H,2-3,6-13H2,1H3. The predicted octanol–water partition coefficient (Wildman–Crippen LogP) is 3.20. The predicted molar refractivity (Wildman–Crippen MR) is 105 cm³/mol. The molecule has 0 radical (unpaired) electrons. The normalized spacial score (nSPS) is 21.2. The molecule has 4 rings (SSSR count). The second kappa shape index (κ2) is 9.15. The zero-order chi connectivity index (χ0) is 19.3. The van der Waals surface area contributed by atoms with Crippen molar-refractivity contribution in [3.63, 3.8) is 0 Å². The number of hydrogen-bond acceptors (Lipinski definition) is 7. The molecule has 2 aliphatic heterocycles.